The summed E-state index contributed by atoms with van der Waals surface area (Å²) in [5, 5.41) is 0. The fourth-order valence-electron chi connectivity index (χ4n) is 2.15. The molecule has 3 amide bonds. The number of primary amides is 1. The molecule has 1 aliphatic rings. The summed E-state index contributed by atoms with van der Waals surface area (Å²) in [6, 6.07) is -0.0598. The van der Waals surface area contributed by atoms with Crippen molar-refractivity contribution >= 4 is 17.8 Å². The van der Waals surface area contributed by atoms with Crippen LogP contribution in [0, 0.1) is 6.92 Å². The van der Waals surface area contributed by atoms with Gasteiger partial charge < -0.3 is 10.6 Å². The van der Waals surface area contributed by atoms with Gasteiger partial charge in [0.15, 0.2) is 0 Å². The van der Waals surface area contributed by atoms with Gasteiger partial charge in [-0.15, -0.1) is 0 Å². The first kappa shape index (κ1) is 15.1. The van der Waals surface area contributed by atoms with Crippen LogP contribution in [0.4, 0.5) is 23.8 Å². The van der Waals surface area contributed by atoms with Crippen LogP contribution in [-0.2, 0) is 11.0 Å². The van der Waals surface area contributed by atoms with Gasteiger partial charge >= 0.3 is 12.2 Å². The molecule has 1 fully saturated rings. The Morgan fingerprint density at radius 2 is 2.05 bits per heavy atom. The molecule has 1 atom stereocenters. The monoisotopic (exact) mass is 302 g/mol. The van der Waals surface area contributed by atoms with Crippen molar-refractivity contribution in [3.8, 4) is 0 Å². The van der Waals surface area contributed by atoms with Gasteiger partial charge in [-0.2, -0.15) is 13.2 Å². The average Bonchev–Trinajstić information content (AvgIpc) is 2.64. The minimum atomic E-state index is -4.57. The Balaban J connectivity index is 2.52. The Hall–Kier alpha value is -2.32. The summed E-state index contributed by atoms with van der Waals surface area (Å²) in [4.78, 5) is 29.4. The quantitative estimate of drug-likeness (QED) is 0.889. The zero-order valence-corrected chi connectivity index (χ0v) is 11.3. The number of carbonyl (C=O) groups excluding carboxylic acids is 2. The number of halogens is 3. The molecule has 0 aromatic carbocycles. The molecule has 2 N–H and O–H groups in total. The predicted molar refractivity (Wildman–Crippen MR) is 67.5 cm³/mol. The lowest BCUT2D eigenvalue weighted by Gasteiger charge is -2.21. The molecule has 0 spiro atoms. The molecule has 1 aromatic rings. The lowest BCUT2D eigenvalue weighted by molar-refractivity contribution is -0.137. The summed E-state index contributed by atoms with van der Waals surface area (Å²) in [6.07, 6.45) is -4.57. The number of aromatic nitrogens is 1. The Kier molecular flexibility index (Phi) is 3.52. The molecule has 1 saturated heterocycles. The minimum Gasteiger partial charge on any atom is -0.368 e. The highest BCUT2D eigenvalue weighted by atomic mass is 19.4. The maximum atomic E-state index is 12.8. The smallest absolute Gasteiger partial charge is 0.368 e. The van der Waals surface area contributed by atoms with Crippen LogP contribution in [0.1, 0.15) is 11.3 Å². The molecule has 1 unspecified atom stereocenters. The van der Waals surface area contributed by atoms with Crippen molar-refractivity contribution in [1.82, 2.24) is 9.88 Å². The van der Waals surface area contributed by atoms with Gasteiger partial charge in [-0.3, -0.25) is 9.69 Å². The molecular formula is C12H13F3N4O2. The van der Waals surface area contributed by atoms with Crippen molar-refractivity contribution in [2.45, 2.75) is 19.1 Å². The summed E-state index contributed by atoms with van der Waals surface area (Å²) < 4.78 is 38.5. The molecule has 114 valence electrons. The minimum absolute atomic E-state index is 0.00510. The van der Waals surface area contributed by atoms with Gasteiger partial charge in [0.1, 0.15) is 11.9 Å². The first-order valence-corrected chi connectivity index (χ1v) is 6.01. The number of amides is 3. The number of nitrogens with two attached hydrogens (primary N) is 1. The zero-order chi connectivity index (χ0) is 15.9. The summed E-state index contributed by atoms with van der Waals surface area (Å²) in [5.74, 6) is -1.04. The Labute approximate surface area is 118 Å². The third-order valence-corrected chi connectivity index (χ3v) is 3.13. The molecule has 0 bridgehead atoms. The fraction of sp³-hybridized carbons (Fsp3) is 0.417. The van der Waals surface area contributed by atoms with E-state index in [0.717, 1.165) is 17.0 Å². The largest absolute Gasteiger partial charge is 0.416 e. The number of rotatable bonds is 2. The number of pyridine rings is 1. The Bertz CT molecular complexity index is 603. The van der Waals surface area contributed by atoms with Crippen LogP contribution in [0.2, 0.25) is 0 Å². The number of hydrogen-bond acceptors (Lipinski definition) is 3. The van der Waals surface area contributed by atoms with Crippen molar-refractivity contribution in [2.24, 2.45) is 5.73 Å². The summed E-state index contributed by atoms with van der Waals surface area (Å²) in [6.45, 7) is 1.38. The number of likely N-dealkylation sites (N-methyl/N-ethyl adjacent to an activating group) is 1. The van der Waals surface area contributed by atoms with Gasteiger partial charge in [-0.25, -0.2) is 9.78 Å². The van der Waals surface area contributed by atoms with E-state index in [4.69, 9.17) is 5.73 Å². The molecule has 0 aliphatic carbocycles. The van der Waals surface area contributed by atoms with Gasteiger partial charge in [0.05, 0.1) is 12.1 Å². The van der Waals surface area contributed by atoms with Gasteiger partial charge in [0, 0.05) is 12.7 Å². The van der Waals surface area contributed by atoms with E-state index < -0.39 is 29.7 Å². The number of urea groups is 1. The molecule has 2 heterocycles. The number of hydrogen-bond donors (Lipinski definition) is 1. The number of alkyl halides is 3. The zero-order valence-electron chi connectivity index (χ0n) is 11.3. The molecule has 0 radical (unpaired) electrons. The van der Waals surface area contributed by atoms with Crippen molar-refractivity contribution in [1.29, 1.82) is 0 Å². The van der Waals surface area contributed by atoms with E-state index >= 15 is 0 Å². The molecule has 1 aliphatic heterocycles. The highest BCUT2D eigenvalue weighted by molar-refractivity contribution is 6.02. The molecule has 6 nitrogen and oxygen atoms in total. The Morgan fingerprint density at radius 1 is 1.43 bits per heavy atom. The van der Waals surface area contributed by atoms with E-state index in [9.17, 15) is 22.8 Å². The van der Waals surface area contributed by atoms with Gasteiger partial charge in [0.25, 0.3) is 0 Å². The van der Waals surface area contributed by atoms with E-state index in [1.54, 1.807) is 0 Å². The molecule has 0 saturated carbocycles. The van der Waals surface area contributed by atoms with Crippen LogP contribution in [0.25, 0.3) is 0 Å². The summed E-state index contributed by atoms with van der Waals surface area (Å²) >= 11 is 0. The third kappa shape index (κ3) is 2.76. The number of carbonyl (C=O) groups is 2. The standard InChI is InChI=1S/C12H13F3N4O2/c1-6-3-7(12(13,14)15)4-9(17-6)19-8(10(16)20)5-18(2)11(19)21/h3-4,8H,5H2,1-2H3,(H2,16,20). The topological polar surface area (TPSA) is 79.5 Å². The highest BCUT2D eigenvalue weighted by Gasteiger charge is 2.41. The summed E-state index contributed by atoms with van der Waals surface area (Å²) in [5.41, 5.74) is 4.36. The van der Waals surface area contributed by atoms with Crippen LogP contribution < -0.4 is 10.6 Å². The van der Waals surface area contributed by atoms with Gasteiger partial charge in [0.2, 0.25) is 5.91 Å². The van der Waals surface area contributed by atoms with Crippen LogP contribution >= 0.6 is 0 Å². The number of anilines is 1. The maximum absolute atomic E-state index is 12.8. The van der Waals surface area contributed by atoms with Crippen LogP contribution in [0.15, 0.2) is 12.1 Å². The molecule has 2 rings (SSSR count). The van der Waals surface area contributed by atoms with Crippen molar-refractivity contribution in [2.75, 3.05) is 18.5 Å². The van der Waals surface area contributed by atoms with Gasteiger partial charge in [-0.05, 0) is 19.1 Å². The van der Waals surface area contributed by atoms with Crippen molar-refractivity contribution in [3.63, 3.8) is 0 Å². The van der Waals surface area contributed by atoms with E-state index in [2.05, 4.69) is 4.98 Å². The normalized spacial score (nSPS) is 19.3. The molecule has 1 aromatic heterocycles. The van der Waals surface area contributed by atoms with Crippen LogP contribution in [-0.4, -0.2) is 41.5 Å². The lowest BCUT2D eigenvalue weighted by atomic mass is 10.2. The highest BCUT2D eigenvalue weighted by Crippen LogP contribution is 2.33. The number of nitrogens with zero attached hydrogens (tertiary/aromatic N) is 3. The first-order chi connectivity index (χ1) is 9.61. The van der Waals surface area contributed by atoms with Crippen LogP contribution in [0.5, 0.6) is 0 Å². The second-order valence-corrected chi connectivity index (χ2v) is 4.80. The predicted octanol–water partition coefficient (Wildman–Crippen LogP) is 1.13. The molecule has 21 heavy (non-hydrogen) atoms. The van der Waals surface area contributed by atoms with E-state index in [1.165, 1.54) is 18.9 Å². The molecular weight excluding hydrogens is 289 g/mol. The van der Waals surface area contributed by atoms with E-state index in [0.29, 0.717) is 0 Å². The second-order valence-electron chi connectivity index (χ2n) is 4.80. The second kappa shape index (κ2) is 4.90. The third-order valence-electron chi connectivity index (χ3n) is 3.13. The summed E-state index contributed by atoms with van der Waals surface area (Å²) in [7, 11) is 1.43. The van der Waals surface area contributed by atoms with E-state index in [-0.39, 0.29) is 18.1 Å². The van der Waals surface area contributed by atoms with E-state index in [1.807, 2.05) is 0 Å². The number of aryl methyl sites for hydroxylation is 1. The molecule has 9 heteroatoms. The van der Waals surface area contributed by atoms with Crippen molar-refractivity contribution < 1.29 is 22.8 Å². The average molecular weight is 302 g/mol. The first-order valence-electron chi connectivity index (χ1n) is 6.01. The van der Waals surface area contributed by atoms with Crippen LogP contribution in [0.3, 0.4) is 0 Å². The Morgan fingerprint density at radius 3 is 2.57 bits per heavy atom. The van der Waals surface area contributed by atoms with Gasteiger partial charge in [-0.1, -0.05) is 0 Å². The lowest BCUT2D eigenvalue weighted by Crippen LogP contribution is -2.44. The fourth-order valence-corrected chi connectivity index (χ4v) is 2.15. The van der Waals surface area contributed by atoms with Crippen molar-refractivity contribution in [3.05, 3.63) is 23.4 Å². The maximum Gasteiger partial charge on any atom is 0.416 e. The SMILES string of the molecule is Cc1cc(C(F)(F)F)cc(N2C(=O)N(C)CC2C(N)=O)n1.